The highest BCUT2D eigenvalue weighted by Crippen LogP contribution is 2.35. The lowest BCUT2D eigenvalue weighted by molar-refractivity contribution is 0.0506. The molecule has 1 N–H and O–H groups in total. The lowest BCUT2D eigenvalue weighted by Crippen LogP contribution is -2.16. The van der Waals surface area contributed by atoms with Crippen molar-refractivity contribution in [1.82, 2.24) is 14.8 Å². The van der Waals surface area contributed by atoms with E-state index in [0.717, 1.165) is 16.9 Å². The summed E-state index contributed by atoms with van der Waals surface area (Å²) in [5, 5.41) is 7.88. The Morgan fingerprint density at radius 1 is 1.17 bits per heavy atom. The highest BCUT2D eigenvalue weighted by Gasteiger charge is 2.28. The smallest absolute Gasteiger partial charge is 0.348 e. The number of thiophene rings is 1. The number of benzene rings is 1. The molecule has 0 atom stereocenters. The summed E-state index contributed by atoms with van der Waals surface area (Å²) in [7, 11) is 3.06. The summed E-state index contributed by atoms with van der Waals surface area (Å²) in [5.74, 6) is -1.65. The number of ether oxygens (including phenoxy) is 2. The van der Waals surface area contributed by atoms with E-state index in [-0.39, 0.29) is 22.0 Å². The van der Waals surface area contributed by atoms with E-state index in [0.29, 0.717) is 34.1 Å². The van der Waals surface area contributed by atoms with E-state index in [4.69, 9.17) is 9.47 Å². The van der Waals surface area contributed by atoms with Crippen molar-refractivity contribution in [2.45, 2.75) is 20.3 Å². The minimum atomic E-state index is -0.610. The molecule has 10 heteroatoms. The lowest BCUT2D eigenvalue weighted by Gasteiger charge is -2.11. The molecule has 1 aromatic carbocycles. The molecule has 3 heterocycles. The summed E-state index contributed by atoms with van der Waals surface area (Å²) in [4.78, 5) is 43.5. The van der Waals surface area contributed by atoms with Crippen LogP contribution in [0.1, 0.15) is 49.3 Å². The Labute approximate surface area is 205 Å². The number of nitrogens with zero attached hydrogens (tertiary/aromatic N) is 3. The Morgan fingerprint density at radius 3 is 2.63 bits per heavy atom. The quantitative estimate of drug-likeness (QED) is 0.375. The summed E-state index contributed by atoms with van der Waals surface area (Å²) in [6, 6.07) is 8.98. The standard InChI is InChI=1S/C25H24N4O5S/c1-5-10-34-24(31)20-14(2)21(25(32)33-4)35-23(20)28-22(30)17-11-19(15-12-26-29(3)13-15)27-18-9-7-6-8-16(17)18/h6-9,11-13H,5,10H2,1-4H3,(H,28,30). The minimum absolute atomic E-state index is 0.142. The van der Waals surface area contributed by atoms with Crippen LogP contribution in [0, 0.1) is 6.92 Å². The van der Waals surface area contributed by atoms with Crippen molar-refractivity contribution < 1.29 is 23.9 Å². The van der Waals surface area contributed by atoms with Gasteiger partial charge in [0, 0.05) is 24.2 Å². The van der Waals surface area contributed by atoms with Gasteiger partial charge in [-0.15, -0.1) is 11.3 Å². The third-order valence-corrected chi connectivity index (χ3v) is 6.53. The second kappa shape index (κ2) is 10.1. The third-order valence-electron chi connectivity index (χ3n) is 5.35. The number of para-hydroxylation sites is 1. The first-order valence-corrected chi connectivity index (χ1v) is 11.7. The van der Waals surface area contributed by atoms with Crippen molar-refractivity contribution in [3.63, 3.8) is 0 Å². The van der Waals surface area contributed by atoms with E-state index in [2.05, 4.69) is 15.4 Å². The maximum atomic E-state index is 13.5. The van der Waals surface area contributed by atoms with Crippen LogP contribution in [0.2, 0.25) is 0 Å². The van der Waals surface area contributed by atoms with Gasteiger partial charge in [0.05, 0.1) is 42.3 Å². The van der Waals surface area contributed by atoms with Crippen LogP contribution in [0.5, 0.6) is 0 Å². The van der Waals surface area contributed by atoms with Gasteiger partial charge in [0.15, 0.2) is 0 Å². The predicted octanol–water partition coefficient (Wildman–Crippen LogP) is 4.61. The first-order valence-electron chi connectivity index (χ1n) is 10.9. The zero-order valence-electron chi connectivity index (χ0n) is 19.7. The van der Waals surface area contributed by atoms with Gasteiger partial charge in [-0.1, -0.05) is 25.1 Å². The Hall–Kier alpha value is -4.05. The number of hydrogen-bond acceptors (Lipinski definition) is 8. The molecular formula is C25H24N4O5S. The fraction of sp³-hybridized carbons (Fsp3) is 0.240. The molecule has 0 fully saturated rings. The van der Waals surface area contributed by atoms with Crippen LogP contribution in [0.15, 0.2) is 42.7 Å². The number of anilines is 1. The highest BCUT2D eigenvalue weighted by molar-refractivity contribution is 7.18. The average molecular weight is 493 g/mol. The van der Waals surface area contributed by atoms with E-state index < -0.39 is 17.8 Å². The van der Waals surface area contributed by atoms with Crippen LogP contribution in [0.3, 0.4) is 0 Å². The molecule has 4 rings (SSSR count). The normalized spacial score (nSPS) is 10.9. The van der Waals surface area contributed by atoms with Gasteiger partial charge in [0.25, 0.3) is 5.91 Å². The van der Waals surface area contributed by atoms with Gasteiger partial charge >= 0.3 is 11.9 Å². The number of pyridine rings is 1. The van der Waals surface area contributed by atoms with E-state index >= 15 is 0 Å². The molecule has 180 valence electrons. The fourth-order valence-electron chi connectivity index (χ4n) is 3.64. The van der Waals surface area contributed by atoms with E-state index in [1.807, 2.05) is 31.3 Å². The number of hydrogen-bond donors (Lipinski definition) is 1. The van der Waals surface area contributed by atoms with Gasteiger partial charge in [-0.05, 0) is 31.0 Å². The number of carbonyl (C=O) groups excluding carboxylic acids is 3. The maximum absolute atomic E-state index is 13.5. The molecule has 0 aliphatic heterocycles. The molecule has 0 saturated heterocycles. The molecule has 1 amide bonds. The Morgan fingerprint density at radius 2 is 1.94 bits per heavy atom. The van der Waals surface area contributed by atoms with Gasteiger partial charge in [-0.2, -0.15) is 5.10 Å². The molecule has 0 aliphatic rings. The lowest BCUT2D eigenvalue weighted by atomic mass is 10.0. The summed E-state index contributed by atoms with van der Waals surface area (Å²) in [6.07, 6.45) is 4.12. The van der Waals surface area contributed by atoms with Gasteiger partial charge in [0.1, 0.15) is 9.88 Å². The highest BCUT2D eigenvalue weighted by atomic mass is 32.1. The number of methoxy groups -OCH3 is 1. The van der Waals surface area contributed by atoms with Crippen molar-refractivity contribution in [3.8, 4) is 11.3 Å². The predicted molar refractivity (Wildman–Crippen MR) is 133 cm³/mol. The molecular weight excluding hydrogens is 468 g/mol. The number of esters is 2. The number of aryl methyl sites for hydroxylation is 1. The number of fused-ring (bicyclic) bond motifs is 1. The molecule has 0 unspecified atom stereocenters. The van der Waals surface area contributed by atoms with Gasteiger partial charge < -0.3 is 14.8 Å². The zero-order valence-corrected chi connectivity index (χ0v) is 20.6. The third kappa shape index (κ3) is 4.78. The Bertz CT molecular complexity index is 1440. The fourth-order valence-corrected chi connectivity index (χ4v) is 4.74. The first-order chi connectivity index (χ1) is 16.8. The van der Waals surface area contributed by atoms with Crippen molar-refractivity contribution in [2.24, 2.45) is 7.05 Å². The number of amides is 1. The topological polar surface area (TPSA) is 112 Å². The van der Waals surface area contributed by atoms with E-state index in [1.165, 1.54) is 7.11 Å². The second-order valence-electron chi connectivity index (χ2n) is 7.82. The molecule has 0 bridgehead atoms. The van der Waals surface area contributed by atoms with Crippen LogP contribution in [0.25, 0.3) is 22.2 Å². The summed E-state index contributed by atoms with van der Waals surface area (Å²) < 4.78 is 11.8. The van der Waals surface area contributed by atoms with Crippen molar-refractivity contribution in [3.05, 3.63) is 64.3 Å². The van der Waals surface area contributed by atoms with Gasteiger partial charge in [0.2, 0.25) is 0 Å². The number of carbonyl (C=O) groups is 3. The van der Waals surface area contributed by atoms with Crippen molar-refractivity contribution in [1.29, 1.82) is 0 Å². The molecule has 0 radical (unpaired) electrons. The largest absolute Gasteiger partial charge is 0.465 e. The summed E-state index contributed by atoms with van der Waals surface area (Å²) in [6.45, 7) is 3.73. The average Bonchev–Trinajstić information content (AvgIpc) is 3.44. The second-order valence-corrected chi connectivity index (χ2v) is 8.84. The molecule has 0 aliphatic carbocycles. The molecule has 4 aromatic rings. The first kappa shape index (κ1) is 24.1. The summed E-state index contributed by atoms with van der Waals surface area (Å²) >= 11 is 0.977. The molecule has 0 saturated carbocycles. The van der Waals surface area contributed by atoms with Gasteiger partial charge in [-0.3, -0.25) is 9.48 Å². The molecule has 9 nitrogen and oxygen atoms in total. The van der Waals surface area contributed by atoms with Crippen molar-refractivity contribution in [2.75, 3.05) is 19.0 Å². The van der Waals surface area contributed by atoms with E-state index in [1.54, 1.807) is 37.0 Å². The van der Waals surface area contributed by atoms with Crippen LogP contribution in [-0.2, 0) is 16.5 Å². The van der Waals surface area contributed by atoms with Crippen LogP contribution < -0.4 is 5.32 Å². The Balaban J connectivity index is 1.79. The maximum Gasteiger partial charge on any atom is 0.348 e. The number of aromatic nitrogens is 3. The van der Waals surface area contributed by atoms with Crippen LogP contribution >= 0.6 is 11.3 Å². The minimum Gasteiger partial charge on any atom is -0.465 e. The van der Waals surface area contributed by atoms with Crippen LogP contribution in [-0.4, -0.2) is 46.3 Å². The number of nitrogens with one attached hydrogen (secondary N) is 1. The van der Waals surface area contributed by atoms with Gasteiger partial charge in [-0.25, -0.2) is 14.6 Å². The Kier molecular flexibility index (Phi) is 6.92. The SMILES string of the molecule is CCCOC(=O)c1c(NC(=O)c2cc(-c3cnn(C)c3)nc3ccccc23)sc(C(=O)OC)c1C. The van der Waals surface area contributed by atoms with Crippen LogP contribution in [0.4, 0.5) is 5.00 Å². The van der Waals surface area contributed by atoms with Crippen molar-refractivity contribution >= 4 is 45.1 Å². The monoisotopic (exact) mass is 492 g/mol. The molecule has 35 heavy (non-hydrogen) atoms. The number of rotatable bonds is 7. The molecule has 0 spiro atoms. The zero-order chi connectivity index (χ0) is 25.1. The van der Waals surface area contributed by atoms with E-state index in [9.17, 15) is 14.4 Å². The molecule has 3 aromatic heterocycles. The summed E-state index contributed by atoms with van der Waals surface area (Å²) in [5.41, 5.74) is 2.89.